The second kappa shape index (κ2) is 3.74. The molecule has 0 spiro atoms. The van der Waals surface area contributed by atoms with Crippen LogP contribution in [0.5, 0.6) is 0 Å². The van der Waals surface area contributed by atoms with E-state index in [-0.39, 0.29) is 5.91 Å². The van der Waals surface area contributed by atoms with Crippen LogP contribution in [0, 0.1) is 11.3 Å². The lowest BCUT2D eigenvalue weighted by Gasteiger charge is -2.09. The van der Waals surface area contributed by atoms with Crippen LogP contribution in [0.25, 0.3) is 0 Å². The molecular weight excluding hydrogens is 188 g/mol. The summed E-state index contributed by atoms with van der Waals surface area (Å²) in [5, 5.41) is 11.6. The van der Waals surface area contributed by atoms with Crippen molar-refractivity contribution in [3.8, 4) is 6.07 Å². The molecule has 0 saturated heterocycles. The Kier molecular flexibility index (Phi) is 2.42. The molecule has 0 heterocycles. The number of carbonyl (C=O) groups excluding carboxylic acids is 1. The Morgan fingerprint density at radius 3 is 2.80 bits per heavy atom. The van der Waals surface area contributed by atoms with Crippen LogP contribution >= 0.6 is 0 Å². The average molecular weight is 200 g/mol. The molecule has 0 atom stereocenters. The van der Waals surface area contributed by atoms with E-state index < -0.39 is 0 Å². The van der Waals surface area contributed by atoms with Gasteiger partial charge in [0.2, 0.25) is 5.91 Å². The number of carbonyl (C=O) groups is 1. The molecule has 0 radical (unpaired) electrons. The van der Waals surface area contributed by atoms with Crippen molar-refractivity contribution in [3.63, 3.8) is 0 Å². The van der Waals surface area contributed by atoms with Gasteiger partial charge in [0.1, 0.15) is 0 Å². The molecule has 1 aromatic carbocycles. The van der Waals surface area contributed by atoms with Crippen molar-refractivity contribution in [1.82, 2.24) is 0 Å². The van der Waals surface area contributed by atoms with E-state index in [0.717, 1.165) is 24.1 Å². The molecule has 1 aromatic rings. The zero-order chi connectivity index (χ0) is 10.8. The Bertz CT molecular complexity index is 441. The molecule has 1 N–H and O–H groups in total. The Morgan fingerprint density at radius 1 is 1.53 bits per heavy atom. The topological polar surface area (TPSA) is 52.9 Å². The molecule has 1 amide bonds. The van der Waals surface area contributed by atoms with Gasteiger partial charge in [-0.25, -0.2) is 0 Å². The highest BCUT2D eigenvalue weighted by atomic mass is 16.1. The number of anilines is 1. The number of nitriles is 1. The van der Waals surface area contributed by atoms with E-state index in [2.05, 4.69) is 11.4 Å². The molecule has 76 valence electrons. The fourth-order valence-corrected chi connectivity index (χ4v) is 1.67. The summed E-state index contributed by atoms with van der Waals surface area (Å²) in [4.78, 5) is 11.0. The lowest BCUT2D eigenvalue weighted by molar-refractivity contribution is -0.114. The number of nitrogens with zero attached hydrogens (tertiary/aromatic N) is 1. The van der Waals surface area contributed by atoms with E-state index in [1.807, 2.05) is 12.1 Å². The van der Waals surface area contributed by atoms with Crippen LogP contribution in [0.4, 0.5) is 5.69 Å². The molecule has 3 heteroatoms. The van der Waals surface area contributed by atoms with Crippen LogP contribution in [0.15, 0.2) is 18.2 Å². The molecule has 3 nitrogen and oxygen atoms in total. The van der Waals surface area contributed by atoms with Crippen molar-refractivity contribution in [3.05, 3.63) is 29.3 Å². The third kappa shape index (κ3) is 2.16. The zero-order valence-corrected chi connectivity index (χ0v) is 8.58. The highest BCUT2D eigenvalue weighted by Crippen LogP contribution is 2.43. The lowest BCUT2D eigenvalue weighted by Crippen LogP contribution is -2.07. The van der Waals surface area contributed by atoms with Crippen molar-refractivity contribution >= 4 is 11.6 Å². The average Bonchev–Trinajstić information content (AvgIpc) is 3.01. The normalized spacial score (nSPS) is 14.4. The van der Waals surface area contributed by atoms with Gasteiger partial charge >= 0.3 is 0 Å². The van der Waals surface area contributed by atoms with Crippen LogP contribution in [-0.2, 0) is 4.79 Å². The summed E-state index contributed by atoms with van der Waals surface area (Å²) in [6, 6.07) is 7.54. The summed E-state index contributed by atoms with van der Waals surface area (Å²) in [5.74, 6) is 0.460. The van der Waals surface area contributed by atoms with Gasteiger partial charge in [0.05, 0.1) is 11.6 Å². The first kappa shape index (κ1) is 9.72. The molecule has 0 bridgehead atoms. The highest BCUT2D eigenvalue weighted by molar-refractivity contribution is 5.89. The lowest BCUT2D eigenvalue weighted by atomic mass is 10.0. The van der Waals surface area contributed by atoms with Crippen LogP contribution in [0.3, 0.4) is 0 Å². The zero-order valence-electron chi connectivity index (χ0n) is 8.58. The minimum absolute atomic E-state index is 0.0680. The molecular formula is C12H12N2O. The van der Waals surface area contributed by atoms with Gasteiger partial charge in [-0.1, -0.05) is 0 Å². The Morgan fingerprint density at radius 2 is 2.27 bits per heavy atom. The summed E-state index contributed by atoms with van der Waals surface area (Å²) in [5.41, 5.74) is 2.61. The summed E-state index contributed by atoms with van der Waals surface area (Å²) in [7, 11) is 0. The van der Waals surface area contributed by atoms with E-state index in [1.165, 1.54) is 6.92 Å². The minimum atomic E-state index is -0.0680. The van der Waals surface area contributed by atoms with Crippen molar-refractivity contribution in [1.29, 1.82) is 5.26 Å². The van der Waals surface area contributed by atoms with Crippen molar-refractivity contribution in [2.45, 2.75) is 25.7 Å². The third-order valence-electron chi connectivity index (χ3n) is 2.51. The van der Waals surface area contributed by atoms with E-state index in [0.29, 0.717) is 11.5 Å². The van der Waals surface area contributed by atoms with Gasteiger partial charge in [-0.3, -0.25) is 4.79 Å². The third-order valence-corrected chi connectivity index (χ3v) is 2.51. The molecule has 0 unspecified atom stereocenters. The van der Waals surface area contributed by atoms with Gasteiger partial charge in [-0.05, 0) is 42.5 Å². The first-order chi connectivity index (χ1) is 7.20. The summed E-state index contributed by atoms with van der Waals surface area (Å²) < 4.78 is 0. The molecule has 1 aliphatic rings. The number of benzene rings is 1. The van der Waals surface area contributed by atoms with Crippen molar-refractivity contribution < 1.29 is 4.79 Å². The Balaban J connectivity index is 2.36. The predicted octanol–water partition coefficient (Wildman–Crippen LogP) is 2.39. The van der Waals surface area contributed by atoms with E-state index in [4.69, 9.17) is 5.26 Å². The summed E-state index contributed by atoms with van der Waals surface area (Å²) in [6.45, 7) is 1.49. The van der Waals surface area contributed by atoms with Crippen LogP contribution in [0.1, 0.15) is 36.8 Å². The number of nitrogens with one attached hydrogen (secondary N) is 1. The van der Waals surface area contributed by atoms with E-state index >= 15 is 0 Å². The predicted molar refractivity (Wildman–Crippen MR) is 57.4 cm³/mol. The number of hydrogen-bond donors (Lipinski definition) is 1. The monoisotopic (exact) mass is 200 g/mol. The molecule has 15 heavy (non-hydrogen) atoms. The van der Waals surface area contributed by atoms with Gasteiger partial charge in [0.15, 0.2) is 0 Å². The number of amides is 1. The molecule has 2 rings (SSSR count). The van der Waals surface area contributed by atoms with Gasteiger partial charge in [-0.15, -0.1) is 0 Å². The maximum Gasteiger partial charge on any atom is 0.221 e. The highest BCUT2D eigenvalue weighted by Gasteiger charge is 2.26. The van der Waals surface area contributed by atoms with E-state index in [1.54, 1.807) is 6.07 Å². The SMILES string of the molecule is CC(=O)Nc1ccc(C#N)cc1C1CC1. The van der Waals surface area contributed by atoms with Crippen molar-refractivity contribution in [2.24, 2.45) is 0 Å². The Hall–Kier alpha value is -1.82. The molecule has 1 saturated carbocycles. The van der Waals surface area contributed by atoms with Crippen LogP contribution in [0.2, 0.25) is 0 Å². The maximum atomic E-state index is 11.0. The summed E-state index contributed by atoms with van der Waals surface area (Å²) in [6.07, 6.45) is 2.31. The smallest absolute Gasteiger partial charge is 0.221 e. The Labute approximate surface area is 88.7 Å². The molecule has 1 aliphatic carbocycles. The minimum Gasteiger partial charge on any atom is -0.326 e. The van der Waals surface area contributed by atoms with Crippen LogP contribution < -0.4 is 5.32 Å². The van der Waals surface area contributed by atoms with Gasteiger partial charge in [-0.2, -0.15) is 5.26 Å². The standard InChI is InChI=1S/C12H12N2O/c1-8(15)14-12-5-2-9(7-13)6-11(12)10-3-4-10/h2,5-6,10H,3-4H2,1H3,(H,14,15). The maximum absolute atomic E-state index is 11.0. The van der Waals surface area contributed by atoms with Gasteiger partial charge in [0.25, 0.3) is 0 Å². The quantitative estimate of drug-likeness (QED) is 0.796. The number of hydrogen-bond acceptors (Lipinski definition) is 2. The first-order valence-corrected chi connectivity index (χ1v) is 5.02. The molecule has 0 aromatic heterocycles. The second-order valence-corrected chi connectivity index (χ2v) is 3.87. The summed E-state index contributed by atoms with van der Waals surface area (Å²) >= 11 is 0. The molecule has 1 fully saturated rings. The fraction of sp³-hybridized carbons (Fsp3) is 0.333. The second-order valence-electron chi connectivity index (χ2n) is 3.87. The van der Waals surface area contributed by atoms with E-state index in [9.17, 15) is 4.79 Å². The largest absolute Gasteiger partial charge is 0.326 e. The first-order valence-electron chi connectivity index (χ1n) is 5.02. The van der Waals surface area contributed by atoms with Crippen molar-refractivity contribution in [2.75, 3.05) is 5.32 Å². The molecule has 0 aliphatic heterocycles. The fourth-order valence-electron chi connectivity index (χ4n) is 1.67. The van der Waals surface area contributed by atoms with Gasteiger partial charge < -0.3 is 5.32 Å². The van der Waals surface area contributed by atoms with Gasteiger partial charge in [0, 0.05) is 12.6 Å². The number of rotatable bonds is 2. The van der Waals surface area contributed by atoms with Crippen LogP contribution in [-0.4, -0.2) is 5.91 Å².